The van der Waals surface area contributed by atoms with Crippen molar-refractivity contribution < 1.29 is 14.3 Å². The van der Waals surface area contributed by atoms with Gasteiger partial charge >= 0.3 is 0 Å². The molecular formula is C20H23BrN2O3. The number of nitrogens with zero attached hydrogens (tertiary/aromatic N) is 1. The second-order valence-electron chi connectivity index (χ2n) is 6.42. The van der Waals surface area contributed by atoms with Gasteiger partial charge in [0.05, 0.1) is 11.3 Å². The first kappa shape index (κ1) is 20.0. The summed E-state index contributed by atoms with van der Waals surface area (Å²) >= 11 is 3.45. The first-order chi connectivity index (χ1) is 12.3. The Morgan fingerprint density at radius 3 is 2.50 bits per heavy atom. The van der Waals surface area contributed by atoms with E-state index in [-0.39, 0.29) is 24.3 Å². The molecule has 0 unspecified atom stereocenters. The fraction of sp³-hybridized carbons (Fsp3) is 0.300. The molecule has 1 N–H and O–H groups in total. The van der Waals surface area contributed by atoms with Gasteiger partial charge in [0.15, 0.2) is 6.61 Å². The molecule has 0 aliphatic carbocycles. The molecule has 0 aliphatic rings. The second kappa shape index (κ2) is 8.85. The van der Waals surface area contributed by atoms with Gasteiger partial charge in [0.25, 0.3) is 11.8 Å². The van der Waals surface area contributed by atoms with Crippen LogP contribution in [0, 0.1) is 0 Å². The number of amides is 2. The molecule has 2 amide bonds. The molecule has 0 atom stereocenters. The van der Waals surface area contributed by atoms with Gasteiger partial charge in [-0.1, -0.05) is 41.9 Å². The molecule has 2 aromatic carbocycles. The number of nitrogens with one attached hydrogen (secondary N) is 1. The van der Waals surface area contributed by atoms with Crippen molar-refractivity contribution >= 4 is 33.4 Å². The van der Waals surface area contributed by atoms with Gasteiger partial charge in [-0.25, -0.2) is 0 Å². The number of carbonyl (C=O) groups excluding carboxylic acids is 2. The van der Waals surface area contributed by atoms with Crippen LogP contribution < -0.4 is 10.1 Å². The number of hydrogen-bond acceptors (Lipinski definition) is 3. The molecule has 5 nitrogen and oxygen atoms in total. The number of rotatable bonds is 6. The standard InChI is InChI=1S/C20H23BrN2O3/c1-13(2)16-11-14(21)9-10-18(16)26-12-19(24)22-17-8-6-5-7-15(17)20(25)23(3)4/h5-11,13H,12H2,1-4H3,(H,22,24). The molecule has 2 aromatic rings. The number of halogens is 1. The van der Waals surface area contributed by atoms with Crippen LogP contribution in [0.4, 0.5) is 5.69 Å². The topological polar surface area (TPSA) is 58.6 Å². The Bertz CT molecular complexity index is 803. The minimum Gasteiger partial charge on any atom is -0.483 e. The van der Waals surface area contributed by atoms with Crippen LogP contribution in [0.1, 0.15) is 35.7 Å². The van der Waals surface area contributed by atoms with E-state index in [0.717, 1.165) is 10.0 Å². The van der Waals surface area contributed by atoms with Crippen molar-refractivity contribution in [2.24, 2.45) is 0 Å². The zero-order chi connectivity index (χ0) is 19.3. The van der Waals surface area contributed by atoms with E-state index in [1.807, 2.05) is 18.2 Å². The molecule has 6 heteroatoms. The van der Waals surface area contributed by atoms with E-state index in [2.05, 4.69) is 35.1 Å². The number of ether oxygens (including phenoxy) is 1. The largest absolute Gasteiger partial charge is 0.483 e. The minimum atomic E-state index is -0.318. The average molecular weight is 419 g/mol. The molecule has 2 rings (SSSR count). The Labute approximate surface area is 162 Å². The van der Waals surface area contributed by atoms with E-state index < -0.39 is 0 Å². The van der Waals surface area contributed by atoms with Crippen LogP contribution in [0.25, 0.3) is 0 Å². The van der Waals surface area contributed by atoms with Gasteiger partial charge < -0.3 is 15.0 Å². The molecule has 0 fully saturated rings. The van der Waals surface area contributed by atoms with Crippen molar-refractivity contribution in [3.8, 4) is 5.75 Å². The van der Waals surface area contributed by atoms with Gasteiger partial charge in [-0.2, -0.15) is 0 Å². The van der Waals surface area contributed by atoms with Crippen molar-refractivity contribution in [1.82, 2.24) is 4.90 Å². The summed E-state index contributed by atoms with van der Waals surface area (Å²) in [6.07, 6.45) is 0. The molecule has 0 bridgehead atoms. The summed E-state index contributed by atoms with van der Waals surface area (Å²) in [6, 6.07) is 12.6. The highest BCUT2D eigenvalue weighted by atomic mass is 79.9. The molecular weight excluding hydrogens is 396 g/mol. The van der Waals surface area contributed by atoms with Crippen LogP contribution in [-0.4, -0.2) is 37.4 Å². The highest BCUT2D eigenvalue weighted by molar-refractivity contribution is 9.10. The Balaban J connectivity index is 2.08. The van der Waals surface area contributed by atoms with Crippen LogP contribution in [0.3, 0.4) is 0 Å². The summed E-state index contributed by atoms with van der Waals surface area (Å²) in [7, 11) is 3.34. The van der Waals surface area contributed by atoms with Gasteiger partial charge in [-0.05, 0) is 41.8 Å². The maximum atomic E-state index is 12.3. The van der Waals surface area contributed by atoms with E-state index in [1.54, 1.807) is 38.4 Å². The lowest BCUT2D eigenvalue weighted by Gasteiger charge is -2.16. The van der Waals surface area contributed by atoms with Gasteiger partial charge in [0.1, 0.15) is 5.75 Å². The molecule has 138 valence electrons. The van der Waals surface area contributed by atoms with Gasteiger partial charge in [-0.15, -0.1) is 0 Å². The lowest BCUT2D eigenvalue weighted by molar-refractivity contribution is -0.118. The van der Waals surface area contributed by atoms with E-state index in [9.17, 15) is 9.59 Å². The maximum absolute atomic E-state index is 12.3. The van der Waals surface area contributed by atoms with E-state index in [0.29, 0.717) is 17.0 Å². The monoisotopic (exact) mass is 418 g/mol. The van der Waals surface area contributed by atoms with Gasteiger partial charge in [0, 0.05) is 18.6 Å². The highest BCUT2D eigenvalue weighted by Crippen LogP contribution is 2.29. The molecule has 0 spiro atoms. The van der Waals surface area contributed by atoms with Crippen LogP contribution in [0.15, 0.2) is 46.9 Å². The third-order valence-corrected chi connectivity index (χ3v) is 4.28. The molecule has 0 heterocycles. The predicted molar refractivity (Wildman–Crippen MR) is 107 cm³/mol. The SMILES string of the molecule is CC(C)c1cc(Br)ccc1OCC(=O)Nc1ccccc1C(=O)N(C)C. The van der Waals surface area contributed by atoms with E-state index in [1.165, 1.54) is 4.90 Å². The third-order valence-electron chi connectivity index (χ3n) is 3.79. The van der Waals surface area contributed by atoms with Crippen molar-refractivity contribution in [2.45, 2.75) is 19.8 Å². The lowest BCUT2D eigenvalue weighted by Crippen LogP contribution is -2.25. The zero-order valence-electron chi connectivity index (χ0n) is 15.4. The predicted octanol–water partition coefficient (Wildman–Crippen LogP) is 4.29. The number of anilines is 1. The summed E-state index contributed by atoms with van der Waals surface area (Å²) in [4.78, 5) is 26.0. The van der Waals surface area contributed by atoms with Crippen LogP contribution in [0.2, 0.25) is 0 Å². The van der Waals surface area contributed by atoms with E-state index >= 15 is 0 Å². The van der Waals surface area contributed by atoms with Gasteiger partial charge in [-0.3, -0.25) is 9.59 Å². The van der Waals surface area contributed by atoms with Crippen molar-refractivity contribution in [3.63, 3.8) is 0 Å². The fourth-order valence-corrected chi connectivity index (χ4v) is 2.83. The lowest BCUT2D eigenvalue weighted by atomic mass is 10.0. The molecule has 0 radical (unpaired) electrons. The van der Waals surface area contributed by atoms with Crippen LogP contribution in [0.5, 0.6) is 5.75 Å². The Morgan fingerprint density at radius 1 is 1.15 bits per heavy atom. The second-order valence-corrected chi connectivity index (χ2v) is 7.33. The molecule has 0 aromatic heterocycles. The number of benzene rings is 2. The summed E-state index contributed by atoms with van der Waals surface area (Å²) < 4.78 is 6.67. The van der Waals surface area contributed by atoms with Crippen molar-refractivity contribution in [1.29, 1.82) is 0 Å². The van der Waals surface area contributed by atoms with Crippen LogP contribution >= 0.6 is 15.9 Å². The summed E-state index contributed by atoms with van der Waals surface area (Å²) in [5.74, 6) is 0.457. The van der Waals surface area contributed by atoms with Crippen molar-refractivity contribution in [2.75, 3.05) is 26.0 Å². The zero-order valence-corrected chi connectivity index (χ0v) is 17.0. The summed E-state index contributed by atoms with van der Waals surface area (Å²) in [6.45, 7) is 4.00. The summed E-state index contributed by atoms with van der Waals surface area (Å²) in [5.41, 5.74) is 1.94. The highest BCUT2D eigenvalue weighted by Gasteiger charge is 2.15. The normalized spacial score (nSPS) is 10.5. The number of carbonyl (C=O) groups is 2. The minimum absolute atomic E-state index is 0.133. The Kier molecular flexibility index (Phi) is 6.80. The van der Waals surface area contributed by atoms with Gasteiger partial charge in [0.2, 0.25) is 0 Å². The number of para-hydroxylation sites is 1. The molecule has 0 aliphatic heterocycles. The van der Waals surface area contributed by atoms with Crippen LogP contribution in [-0.2, 0) is 4.79 Å². The Morgan fingerprint density at radius 2 is 1.85 bits per heavy atom. The molecule has 26 heavy (non-hydrogen) atoms. The smallest absolute Gasteiger partial charge is 0.262 e. The fourth-order valence-electron chi connectivity index (χ4n) is 2.45. The maximum Gasteiger partial charge on any atom is 0.262 e. The average Bonchev–Trinajstić information content (AvgIpc) is 2.60. The third kappa shape index (κ3) is 5.08. The summed E-state index contributed by atoms with van der Waals surface area (Å²) in [5, 5.41) is 2.76. The van der Waals surface area contributed by atoms with E-state index in [4.69, 9.17) is 4.74 Å². The number of hydrogen-bond donors (Lipinski definition) is 1. The first-order valence-electron chi connectivity index (χ1n) is 8.32. The molecule has 0 saturated heterocycles. The first-order valence-corrected chi connectivity index (χ1v) is 9.11. The Hall–Kier alpha value is -2.34. The molecule has 0 saturated carbocycles. The quantitative estimate of drug-likeness (QED) is 0.760. The van der Waals surface area contributed by atoms with Crippen molar-refractivity contribution in [3.05, 3.63) is 58.1 Å².